The quantitative estimate of drug-likeness (QED) is 0.583. The number of rotatable bonds is 4. The van der Waals surface area contributed by atoms with E-state index < -0.39 is 24.2 Å². The average Bonchev–Trinajstić information content (AvgIpc) is 3.38. The second-order valence-electron chi connectivity index (χ2n) is 10.6. The Morgan fingerprint density at radius 1 is 1.21 bits per heavy atom. The largest absolute Gasteiger partial charge is 0.467 e. The third kappa shape index (κ3) is 3.63. The fraction of sp³-hybridized carbons (Fsp3) is 0.652. The molecule has 4 saturated carbocycles. The van der Waals surface area contributed by atoms with Crippen molar-refractivity contribution in [3.05, 3.63) is 34.9 Å². The minimum Gasteiger partial charge on any atom is -0.467 e. The highest BCUT2D eigenvalue weighted by atomic mass is 35.5. The van der Waals surface area contributed by atoms with Crippen molar-refractivity contribution in [2.45, 2.75) is 63.2 Å². The zero-order valence-electron chi connectivity index (χ0n) is 18.0. The monoisotopic (exact) mass is 482 g/mol. The van der Waals surface area contributed by atoms with Gasteiger partial charge in [-0.3, -0.25) is 4.79 Å². The first-order valence-electron chi connectivity index (χ1n) is 11.6. The van der Waals surface area contributed by atoms with Crippen molar-refractivity contribution in [2.24, 2.45) is 23.2 Å². The topological polar surface area (TPSA) is 72.1 Å². The molecule has 4 fully saturated rings. The van der Waals surface area contributed by atoms with E-state index in [4.69, 9.17) is 16.0 Å². The summed E-state index contributed by atoms with van der Waals surface area (Å²) < 4.78 is 47.8. The number of aromatic nitrogens is 2. The zero-order chi connectivity index (χ0) is 23.0. The second kappa shape index (κ2) is 7.42. The molecule has 2 aromatic heterocycles. The van der Waals surface area contributed by atoms with Gasteiger partial charge in [0.25, 0.3) is 5.91 Å². The van der Waals surface area contributed by atoms with E-state index in [1.54, 1.807) is 12.1 Å². The van der Waals surface area contributed by atoms with Gasteiger partial charge in [0.05, 0.1) is 12.3 Å². The highest BCUT2D eigenvalue weighted by Crippen LogP contribution is 2.59. The minimum atomic E-state index is -4.55. The zero-order valence-corrected chi connectivity index (χ0v) is 18.8. The lowest BCUT2D eigenvalue weighted by atomic mass is 9.49. The Balaban J connectivity index is 1.24. The van der Waals surface area contributed by atoms with Crippen LogP contribution in [0.4, 0.5) is 19.0 Å². The van der Waals surface area contributed by atoms with Crippen molar-refractivity contribution in [1.82, 2.24) is 15.1 Å². The van der Waals surface area contributed by atoms with Gasteiger partial charge < -0.3 is 15.1 Å². The molecule has 0 unspecified atom stereocenters. The third-order valence-corrected chi connectivity index (χ3v) is 8.54. The van der Waals surface area contributed by atoms with Crippen LogP contribution in [0.5, 0.6) is 0 Å². The van der Waals surface area contributed by atoms with Crippen molar-refractivity contribution < 1.29 is 22.4 Å². The summed E-state index contributed by atoms with van der Waals surface area (Å²) in [4.78, 5) is 13.0. The van der Waals surface area contributed by atoms with Crippen molar-refractivity contribution >= 4 is 23.3 Å². The summed E-state index contributed by atoms with van der Waals surface area (Å²) in [5, 5.41) is 9.91. The molecule has 2 aromatic rings. The summed E-state index contributed by atoms with van der Waals surface area (Å²) in [6.07, 6.45) is 3.81. The van der Waals surface area contributed by atoms with Gasteiger partial charge in [-0.1, -0.05) is 11.6 Å². The third-order valence-electron chi connectivity index (χ3n) is 8.19. The van der Waals surface area contributed by atoms with Crippen LogP contribution in [0.25, 0.3) is 0 Å². The van der Waals surface area contributed by atoms with Crippen molar-refractivity contribution in [3.8, 4) is 0 Å². The smallest absolute Gasteiger partial charge is 0.410 e. The molecule has 4 aliphatic carbocycles. The number of carbonyl (C=O) groups is 1. The predicted molar refractivity (Wildman–Crippen MR) is 115 cm³/mol. The van der Waals surface area contributed by atoms with E-state index in [1.165, 1.54) is 25.5 Å². The molecule has 2 atom stereocenters. The van der Waals surface area contributed by atoms with Crippen LogP contribution in [-0.4, -0.2) is 28.4 Å². The van der Waals surface area contributed by atoms with E-state index in [9.17, 15) is 18.0 Å². The van der Waals surface area contributed by atoms with Crippen molar-refractivity contribution in [3.63, 3.8) is 0 Å². The van der Waals surface area contributed by atoms with Crippen LogP contribution >= 0.6 is 11.6 Å². The lowest BCUT2D eigenvalue weighted by molar-refractivity contribution is -0.174. The number of hydrogen-bond donors (Lipinski definition) is 2. The van der Waals surface area contributed by atoms with Crippen LogP contribution in [0.1, 0.15) is 73.3 Å². The number of carbonyl (C=O) groups excluding carboxylic acids is 1. The number of anilines is 1. The Morgan fingerprint density at radius 3 is 2.45 bits per heavy atom. The lowest BCUT2D eigenvalue weighted by Crippen LogP contribution is -2.51. The first-order chi connectivity index (χ1) is 15.7. The average molecular weight is 483 g/mol. The van der Waals surface area contributed by atoms with Gasteiger partial charge in [0, 0.05) is 13.0 Å². The van der Waals surface area contributed by atoms with E-state index in [1.807, 2.05) is 0 Å². The predicted octanol–water partition coefficient (Wildman–Crippen LogP) is 5.74. The summed E-state index contributed by atoms with van der Waals surface area (Å²) in [5.41, 5.74) is -0.0638. The SMILES string of the molecule is O=C(NCC12CC3CC(CC(C3)C1)C2)c1nn2c(c1Cl)N[C@@H](c1ccco1)C[C@H]2C(F)(F)F. The molecule has 6 nitrogen and oxygen atoms in total. The van der Waals surface area contributed by atoms with Crippen LogP contribution in [0.2, 0.25) is 5.02 Å². The number of alkyl halides is 3. The van der Waals surface area contributed by atoms with E-state index in [2.05, 4.69) is 15.7 Å². The van der Waals surface area contributed by atoms with E-state index in [0.717, 1.165) is 41.7 Å². The normalized spacial score (nSPS) is 34.7. The van der Waals surface area contributed by atoms with Gasteiger partial charge in [-0.05, 0) is 73.8 Å². The molecule has 0 radical (unpaired) electrons. The van der Waals surface area contributed by atoms with Crippen LogP contribution in [0.3, 0.4) is 0 Å². The fourth-order valence-corrected chi connectivity index (χ4v) is 7.53. The molecule has 0 spiro atoms. The standard InChI is InChI=1S/C23H26ClF3N4O2/c24-18-19(21(32)28-11-22-8-12-4-13(9-22)6-14(5-12)10-22)30-31-17(23(25,26)27)7-15(29-20(18)31)16-2-1-3-33-16/h1-3,12-15,17,29H,4-11H2,(H,28,32)/t12?,13?,14?,15-,17+,22?/m1/s1. The molecule has 7 rings (SSSR count). The first-order valence-corrected chi connectivity index (χ1v) is 12.0. The van der Waals surface area contributed by atoms with E-state index in [-0.39, 0.29) is 28.4 Å². The summed E-state index contributed by atoms with van der Waals surface area (Å²) in [6.45, 7) is 0.527. The number of furan rings is 1. The van der Waals surface area contributed by atoms with E-state index >= 15 is 0 Å². The van der Waals surface area contributed by atoms with Gasteiger partial charge >= 0.3 is 6.18 Å². The number of nitrogens with one attached hydrogen (secondary N) is 2. The Hall–Kier alpha value is -2.16. The van der Waals surface area contributed by atoms with Gasteiger partial charge in [0.15, 0.2) is 11.7 Å². The molecule has 10 heteroatoms. The molecule has 0 aromatic carbocycles. The van der Waals surface area contributed by atoms with E-state index in [0.29, 0.717) is 12.3 Å². The fourth-order valence-electron chi connectivity index (χ4n) is 7.27. The Kier molecular flexibility index (Phi) is 4.81. The molecule has 33 heavy (non-hydrogen) atoms. The Labute approximate surface area is 194 Å². The van der Waals surface area contributed by atoms with Crippen LogP contribution in [0, 0.1) is 23.2 Å². The number of nitrogens with zero attached hydrogens (tertiary/aromatic N) is 2. The molecule has 1 amide bonds. The summed E-state index contributed by atoms with van der Waals surface area (Å²) in [6, 6.07) is 0.600. The molecule has 178 valence electrons. The highest BCUT2D eigenvalue weighted by Gasteiger charge is 2.51. The van der Waals surface area contributed by atoms with Crippen molar-refractivity contribution in [1.29, 1.82) is 0 Å². The van der Waals surface area contributed by atoms with Crippen molar-refractivity contribution in [2.75, 3.05) is 11.9 Å². The van der Waals surface area contributed by atoms with Gasteiger partial charge in [0.2, 0.25) is 0 Å². The lowest BCUT2D eigenvalue weighted by Gasteiger charge is -2.56. The second-order valence-corrected chi connectivity index (χ2v) is 10.9. The molecular weight excluding hydrogens is 457 g/mol. The Bertz CT molecular complexity index is 1030. The molecule has 2 N–H and O–H groups in total. The van der Waals surface area contributed by atoms with Gasteiger partial charge in [-0.2, -0.15) is 18.3 Å². The molecule has 0 saturated heterocycles. The molecule has 5 aliphatic rings. The maximum absolute atomic E-state index is 13.9. The Morgan fingerprint density at radius 2 is 1.88 bits per heavy atom. The molecule has 4 bridgehead atoms. The summed E-state index contributed by atoms with van der Waals surface area (Å²) >= 11 is 6.43. The van der Waals surface area contributed by atoms with Crippen LogP contribution in [0.15, 0.2) is 22.8 Å². The molecular formula is C23H26ClF3N4O2. The minimum absolute atomic E-state index is 0.00778. The molecule has 1 aliphatic heterocycles. The molecule has 3 heterocycles. The number of hydrogen-bond acceptors (Lipinski definition) is 4. The van der Waals surface area contributed by atoms with Gasteiger partial charge in [0.1, 0.15) is 16.6 Å². The number of halogens is 4. The number of amides is 1. The number of fused-ring (bicyclic) bond motifs is 1. The highest BCUT2D eigenvalue weighted by molar-refractivity contribution is 6.36. The maximum Gasteiger partial charge on any atom is 0.410 e. The van der Waals surface area contributed by atoms with Crippen LogP contribution in [-0.2, 0) is 0 Å². The summed E-state index contributed by atoms with van der Waals surface area (Å²) in [5.74, 6) is 2.08. The maximum atomic E-state index is 13.9. The van der Waals surface area contributed by atoms with Gasteiger partial charge in [-0.25, -0.2) is 4.68 Å². The summed E-state index contributed by atoms with van der Waals surface area (Å²) in [7, 11) is 0. The van der Waals surface area contributed by atoms with Crippen LogP contribution < -0.4 is 10.6 Å². The first kappa shape index (κ1) is 21.4. The van der Waals surface area contributed by atoms with Gasteiger partial charge in [-0.15, -0.1) is 0 Å².